The largest absolute Gasteiger partial charge is 0.480 e. The summed E-state index contributed by atoms with van der Waals surface area (Å²) in [7, 11) is 0. The Hall–Kier alpha value is -0.220. The van der Waals surface area contributed by atoms with Gasteiger partial charge >= 0.3 is 5.97 Å². The van der Waals surface area contributed by atoms with Crippen LogP contribution in [-0.2, 0) is 4.79 Å². The fraction of sp³-hybridized carbons (Fsp3) is 0.875. The molecular weight excluding hydrogens is 174 g/mol. The fourth-order valence-corrected chi connectivity index (χ4v) is 2.73. The summed E-state index contributed by atoms with van der Waals surface area (Å²) in [6, 6.07) is 0. The summed E-state index contributed by atoms with van der Waals surface area (Å²) in [6.07, 6.45) is 1.77. The van der Waals surface area contributed by atoms with Gasteiger partial charge in [-0.25, -0.2) is 0 Å². The van der Waals surface area contributed by atoms with Crippen molar-refractivity contribution >= 4 is 17.7 Å². The summed E-state index contributed by atoms with van der Waals surface area (Å²) in [4.78, 5) is 11.0. The highest BCUT2D eigenvalue weighted by Crippen LogP contribution is 2.26. The van der Waals surface area contributed by atoms with Gasteiger partial charge in [-0.2, -0.15) is 11.8 Å². The Bertz CT molecular complexity index is 161. The summed E-state index contributed by atoms with van der Waals surface area (Å²) in [5.41, 5.74) is -0.641. The van der Waals surface area contributed by atoms with Gasteiger partial charge in [0.15, 0.2) is 0 Å². The standard InChI is InChI=1S/C8H15NO2S/c1-2-9-8(7(10)11)4-3-5-12-6-8/h9H,2-6H2,1H3,(H,10,11). The van der Waals surface area contributed by atoms with Gasteiger partial charge in [0, 0.05) is 5.75 Å². The first-order chi connectivity index (χ1) is 5.71. The van der Waals surface area contributed by atoms with E-state index in [1.165, 1.54) is 0 Å². The summed E-state index contributed by atoms with van der Waals surface area (Å²) in [6.45, 7) is 2.68. The summed E-state index contributed by atoms with van der Waals surface area (Å²) in [5, 5.41) is 12.1. The van der Waals surface area contributed by atoms with Crippen molar-refractivity contribution in [1.29, 1.82) is 0 Å². The molecule has 0 aromatic rings. The van der Waals surface area contributed by atoms with Crippen molar-refractivity contribution in [3.8, 4) is 0 Å². The van der Waals surface area contributed by atoms with Crippen LogP contribution in [0.2, 0.25) is 0 Å². The van der Waals surface area contributed by atoms with Crippen LogP contribution in [0, 0.1) is 0 Å². The molecule has 1 rings (SSSR count). The zero-order valence-corrected chi connectivity index (χ0v) is 8.12. The lowest BCUT2D eigenvalue weighted by atomic mass is 9.95. The number of rotatable bonds is 3. The van der Waals surface area contributed by atoms with E-state index in [-0.39, 0.29) is 0 Å². The third-order valence-corrected chi connectivity index (χ3v) is 3.44. The SMILES string of the molecule is CCNC1(C(=O)O)CCCSC1. The second kappa shape index (κ2) is 4.14. The van der Waals surface area contributed by atoms with Gasteiger partial charge in [-0.15, -0.1) is 0 Å². The van der Waals surface area contributed by atoms with Crippen LogP contribution < -0.4 is 5.32 Å². The lowest BCUT2D eigenvalue weighted by molar-refractivity contribution is -0.144. The van der Waals surface area contributed by atoms with Crippen LogP contribution >= 0.6 is 11.8 Å². The second-order valence-electron chi connectivity index (χ2n) is 3.07. The highest BCUT2D eigenvalue weighted by molar-refractivity contribution is 7.99. The Labute approximate surface area is 76.9 Å². The molecule has 0 spiro atoms. The van der Waals surface area contributed by atoms with E-state index in [1.807, 2.05) is 6.92 Å². The van der Waals surface area contributed by atoms with Crippen molar-refractivity contribution in [2.45, 2.75) is 25.3 Å². The van der Waals surface area contributed by atoms with Gasteiger partial charge in [-0.3, -0.25) is 4.79 Å². The van der Waals surface area contributed by atoms with Crippen molar-refractivity contribution in [1.82, 2.24) is 5.32 Å². The van der Waals surface area contributed by atoms with Crippen molar-refractivity contribution in [2.24, 2.45) is 0 Å². The molecule has 1 atom stereocenters. The first kappa shape index (κ1) is 9.86. The van der Waals surface area contributed by atoms with Crippen molar-refractivity contribution in [2.75, 3.05) is 18.1 Å². The normalized spacial score (nSPS) is 30.1. The third kappa shape index (κ3) is 1.93. The molecule has 0 aliphatic carbocycles. The maximum atomic E-state index is 11.0. The first-order valence-electron chi connectivity index (χ1n) is 4.27. The molecule has 0 aromatic heterocycles. The van der Waals surface area contributed by atoms with E-state index in [0.29, 0.717) is 5.75 Å². The summed E-state index contributed by atoms with van der Waals surface area (Å²) < 4.78 is 0. The van der Waals surface area contributed by atoms with Gasteiger partial charge in [-0.1, -0.05) is 6.92 Å². The highest BCUT2D eigenvalue weighted by atomic mass is 32.2. The Morgan fingerprint density at radius 1 is 1.75 bits per heavy atom. The molecule has 1 aliphatic rings. The molecule has 70 valence electrons. The quantitative estimate of drug-likeness (QED) is 0.694. The Balaban J connectivity index is 2.63. The molecule has 4 heteroatoms. The van der Waals surface area contributed by atoms with E-state index in [4.69, 9.17) is 5.11 Å². The van der Waals surface area contributed by atoms with Gasteiger partial charge in [0.2, 0.25) is 0 Å². The monoisotopic (exact) mass is 189 g/mol. The predicted molar refractivity (Wildman–Crippen MR) is 50.6 cm³/mol. The number of carboxylic acid groups (broad SMARTS) is 1. The minimum atomic E-state index is -0.698. The zero-order chi connectivity index (χ0) is 9.03. The molecule has 0 amide bonds. The molecule has 0 saturated carbocycles. The number of carbonyl (C=O) groups is 1. The van der Waals surface area contributed by atoms with E-state index in [1.54, 1.807) is 11.8 Å². The van der Waals surface area contributed by atoms with E-state index < -0.39 is 11.5 Å². The average molecular weight is 189 g/mol. The van der Waals surface area contributed by atoms with Gasteiger partial charge < -0.3 is 10.4 Å². The molecule has 1 heterocycles. The molecule has 1 saturated heterocycles. The minimum Gasteiger partial charge on any atom is -0.480 e. The molecule has 12 heavy (non-hydrogen) atoms. The maximum Gasteiger partial charge on any atom is 0.324 e. The molecule has 0 radical (unpaired) electrons. The van der Waals surface area contributed by atoms with Gasteiger partial charge in [-0.05, 0) is 25.1 Å². The second-order valence-corrected chi connectivity index (χ2v) is 4.18. The van der Waals surface area contributed by atoms with Crippen molar-refractivity contribution < 1.29 is 9.90 Å². The Morgan fingerprint density at radius 2 is 2.50 bits per heavy atom. The molecule has 3 nitrogen and oxygen atoms in total. The molecule has 1 unspecified atom stereocenters. The van der Waals surface area contributed by atoms with Crippen LogP contribution in [0.1, 0.15) is 19.8 Å². The minimum absolute atomic E-state index is 0.641. The molecular formula is C8H15NO2S. The number of aliphatic carboxylic acids is 1. The Morgan fingerprint density at radius 3 is 2.92 bits per heavy atom. The van der Waals surface area contributed by atoms with Crippen molar-refractivity contribution in [3.63, 3.8) is 0 Å². The smallest absolute Gasteiger partial charge is 0.324 e. The molecule has 2 N–H and O–H groups in total. The lowest BCUT2D eigenvalue weighted by Gasteiger charge is -2.33. The van der Waals surface area contributed by atoms with Crippen LogP contribution in [0.5, 0.6) is 0 Å². The molecule has 0 bridgehead atoms. The molecule has 0 aromatic carbocycles. The first-order valence-corrected chi connectivity index (χ1v) is 5.43. The number of likely N-dealkylation sites (N-methyl/N-ethyl adjacent to an activating group) is 1. The molecule has 1 fully saturated rings. The maximum absolute atomic E-state index is 11.0. The highest BCUT2D eigenvalue weighted by Gasteiger charge is 2.38. The van der Waals surface area contributed by atoms with E-state index in [2.05, 4.69) is 5.32 Å². The number of nitrogens with one attached hydrogen (secondary N) is 1. The third-order valence-electron chi connectivity index (χ3n) is 2.17. The van der Waals surface area contributed by atoms with Gasteiger partial charge in [0.05, 0.1) is 0 Å². The van der Waals surface area contributed by atoms with Crippen LogP contribution in [0.15, 0.2) is 0 Å². The van der Waals surface area contributed by atoms with Crippen LogP contribution in [0.4, 0.5) is 0 Å². The average Bonchev–Trinajstić information content (AvgIpc) is 2.06. The van der Waals surface area contributed by atoms with Crippen LogP contribution in [0.25, 0.3) is 0 Å². The van der Waals surface area contributed by atoms with Crippen molar-refractivity contribution in [3.05, 3.63) is 0 Å². The number of hydrogen-bond acceptors (Lipinski definition) is 3. The van der Waals surface area contributed by atoms with E-state index >= 15 is 0 Å². The van der Waals surface area contributed by atoms with E-state index in [0.717, 1.165) is 25.1 Å². The predicted octanol–water partition coefficient (Wildman–Crippen LogP) is 0.946. The summed E-state index contributed by atoms with van der Waals surface area (Å²) >= 11 is 1.73. The fourth-order valence-electron chi connectivity index (χ4n) is 1.52. The van der Waals surface area contributed by atoms with Crippen LogP contribution in [0.3, 0.4) is 0 Å². The van der Waals surface area contributed by atoms with Gasteiger partial charge in [0.25, 0.3) is 0 Å². The van der Waals surface area contributed by atoms with E-state index in [9.17, 15) is 4.79 Å². The number of thioether (sulfide) groups is 1. The van der Waals surface area contributed by atoms with Crippen LogP contribution in [-0.4, -0.2) is 34.7 Å². The number of carboxylic acids is 1. The topological polar surface area (TPSA) is 49.3 Å². The zero-order valence-electron chi connectivity index (χ0n) is 7.30. The summed E-state index contributed by atoms with van der Waals surface area (Å²) in [5.74, 6) is 1.10. The molecule has 1 aliphatic heterocycles. The number of hydrogen-bond donors (Lipinski definition) is 2. The Kier molecular flexibility index (Phi) is 3.40. The lowest BCUT2D eigenvalue weighted by Crippen LogP contribution is -2.55. The van der Waals surface area contributed by atoms with Gasteiger partial charge in [0.1, 0.15) is 5.54 Å².